The number of carbonyl (C=O) groups is 1. The molecule has 82 valence electrons. The van der Waals surface area contributed by atoms with Crippen LogP contribution in [0.2, 0.25) is 0 Å². The Morgan fingerprint density at radius 2 is 2.53 bits per heavy atom. The zero-order valence-corrected chi connectivity index (χ0v) is 8.36. The molecule has 0 spiro atoms. The van der Waals surface area contributed by atoms with Gasteiger partial charge >= 0.3 is 0 Å². The summed E-state index contributed by atoms with van der Waals surface area (Å²) >= 11 is 0. The molecule has 1 unspecified atom stereocenters. The quantitative estimate of drug-likeness (QED) is 0.588. The molecule has 7 nitrogen and oxygen atoms in total. The predicted octanol–water partition coefficient (Wildman–Crippen LogP) is -1.07. The van der Waals surface area contributed by atoms with Crippen molar-refractivity contribution in [3.05, 3.63) is 5.82 Å². The molecule has 3 N–H and O–H groups in total. The van der Waals surface area contributed by atoms with Crippen LogP contribution < -0.4 is 10.6 Å². The van der Waals surface area contributed by atoms with Gasteiger partial charge in [-0.3, -0.25) is 4.79 Å². The van der Waals surface area contributed by atoms with Crippen molar-refractivity contribution in [3.8, 4) is 0 Å². The first-order valence-electron chi connectivity index (χ1n) is 5.08. The van der Waals surface area contributed by atoms with Gasteiger partial charge in [-0.2, -0.15) is 5.21 Å². The second-order valence-electron chi connectivity index (χ2n) is 3.64. The van der Waals surface area contributed by atoms with Crippen LogP contribution in [0.1, 0.15) is 23.5 Å². The van der Waals surface area contributed by atoms with Gasteiger partial charge in [-0.15, -0.1) is 10.2 Å². The smallest absolute Gasteiger partial charge is 0.292 e. The van der Waals surface area contributed by atoms with Crippen molar-refractivity contribution in [3.63, 3.8) is 0 Å². The highest BCUT2D eigenvalue weighted by molar-refractivity contribution is 5.89. The first-order valence-corrected chi connectivity index (χ1v) is 5.08. The number of nitrogens with zero attached hydrogens (tertiary/aromatic N) is 3. The van der Waals surface area contributed by atoms with Crippen molar-refractivity contribution in [1.29, 1.82) is 0 Å². The Labute approximate surface area is 87.0 Å². The van der Waals surface area contributed by atoms with E-state index in [9.17, 15) is 4.79 Å². The van der Waals surface area contributed by atoms with Crippen molar-refractivity contribution >= 4 is 5.91 Å². The fraction of sp³-hybridized carbons (Fsp3) is 0.750. The number of tetrazole rings is 1. The summed E-state index contributed by atoms with van der Waals surface area (Å²) in [6.07, 6.45) is 2.19. The maximum absolute atomic E-state index is 11.4. The summed E-state index contributed by atoms with van der Waals surface area (Å²) < 4.78 is 0. The zero-order chi connectivity index (χ0) is 10.5. The van der Waals surface area contributed by atoms with Crippen LogP contribution in [0.4, 0.5) is 0 Å². The highest BCUT2D eigenvalue weighted by Crippen LogP contribution is 2.10. The average Bonchev–Trinajstić information content (AvgIpc) is 2.90. The lowest BCUT2D eigenvalue weighted by Crippen LogP contribution is -2.27. The van der Waals surface area contributed by atoms with E-state index in [1.807, 2.05) is 0 Å². The second kappa shape index (κ2) is 4.83. The van der Waals surface area contributed by atoms with E-state index in [2.05, 4.69) is 31.3 Å². The maximum atomic E-state index is 11.4. The molecular formula is C8H14N6O. The first kappa shape index (κ1) is 10.0. The van der Waals surface area contributed by atoms with Gasteiger partial charge in [-0.05, 0) is 37.1 Å². The van der Waals surface area contributed by atoms with E-state index in [1.54, 1.807) is 0 Å². The monoisotopic (exact) mass is 210 g/mol. The van der Waals surface area contributed by atoms with Crippen LogP contribution in [0.15, 0.2) is 0 Å². The van der Waals surface area contributed by atoms with Crippen LogP contribution in [-0.4, -0.2) is 46.2 Å². The van der Waals surface area contributed by atoms with Crippen LogP contribution in [0.3, 0.4) is 0 Å². The van der Waals surface area contributed by atoms with Gasteiger partial charge in [0.15, 0.2) is 0 Å². The molecule has 15 heavy (non-hydrogen) atoms. The molecule has 1 aliphatic rings. The molecule has 0 aromatic carbocycles. The van der Waals surface area contributed by atoms with Crippen LogP contribution in [0.25, 0.3) is 0 Å². The van der Waals surface area contributed by atoms with E-state index >= 15 is 0 Å². The molecule has 1 aliphatic heterocycles. The molecule has 0 saturated carbocycles. The number of hydrogen-bond donors (Lipinski definition) is 3. The third-order valence-corrected chi connectivity index (χ3v) is 2.55. The number of rotatable bonds is 4. The molecule has 1 saturated heterocycles. The minimum atomic E-state index is -0.269. The van der Waals surface area contributed by atoms with E-state index in [4.69, 9.17) is 0 Å². The standard InChI is InChI=1S/C8H14N6O/c15-8(7-11-13-14-12-7)10-4-2-6-1-3-9-5-6/h6,9H,1-5H2,(H,10,15)(H,11,12,13,14). The topological polar surface area (TPSA) is 95.6 Å². The molecule has 0 aliphatic carbocycles. The fourth-order valence-electron chi connectivity index (χ4n) is 1.69. The lowest BCUT2D eigenvalue weighted by molar-refractivity contribution is 0.0941. The molecule has 0 bridgehead atoms. The summed E-state index contributed by atoms with van der Waals surface area (Å²) in [6, 6.07) is 0. The van der Waals surface area contributed by atoms with Crippen molar-refractivity contribution in [2.24, 2.45) is 5.92 Å². The number of amides is 1. The molecule has 1 atom stereocenters. The van der Waals surface area contributed by atoms with Gasteiger partial charge in [-0.25, -0.2) is 0 Å². The van der Waals surface area contributed by atoms with Gasteiger partial charge in [-0.1, -0.05) is 0 Å². The Morgan fingerprint density at radius 1 is 1.60 bits per heavy atom. The van der Waals surface area contributed by atoms with E-state index < -0.39 is 0 Å². The molecule has 2 heterocycles. The van der Waals surface area contributed by atoms with Gasteiger partial charge in [0.25, 0.3) is 11.7 Å². The van der Waals surface area contributed by atoms with Crippen LogP contribution in [-0.2, 0) is 0 Å². The summed E-state index contributed by atoms with van der Waals surface area (Å²) in [5.74, 6) is 0.504. The van der Waals surface area contributed by atoms with E-state index in [1.165, 1.54) is 6.42 Å². The summed E-state index contributed by atoms with van der Waals surface area (Å²) in [6.45, 7) is 2.81. The van der Waals surface area contributed by atoms with E-state index in [-0.39, 0.29) is 11.7 Å². The minimum Gasteiger partial charge on any atom is -0.349 e. The zero-order valence-electron chi connectivity index (χ0n) is 8.36. The van der Waals surface area contributed by atoms with Gasteiger partial charge in [0.2, 0.25) is 0 Å². The van der Waals surface area contributed by atoms with Crippen molar-refractivity contribution < 1.29 is 4.79 Å². The third-order valence-electron chi connectivity index (χ3n) is 2.55. The summed E-state index contributed by atoms with van der Waals surface area (Å²) in [4.78, 5) is 11.4. The first-order chi connectivity index (χ1) is 7.36. The highest BCUT2D eigenvalue weighted by atomic mass is 16.2. The number of nitrogens with one attached hydrogen (secondary N) is 3. The largest absolute Gasteiger partial charge is 0.349 e. The number of aromatic nitrogens is 4. The number of aromatic amines is 1. The molecule has 0 radical (unpaired) electrons. The van der Waals surface area contributed by atoms with E-state index in [0.29, 0.717) is 12.5 Å². The molecule has 1 fully saturated rings. The van der Waals surface area contributed by atoms with Gasteiger partial charge in [0.05, 0.1) is 0 Å². The molecule has 1 amide bonds. The Hall–Kier alpha value is -1.50. The van der Waals surface area contributed by atoms with E-state index in [0.717, 1.165) is 19.5 Å². The third kappa shape index (κ3) is 2.72. The van der Waals surface area contributed by atoms with Crippen LogP contribution in [0.5, 0.6) is 0 Å². The number of H-pyrrole nitrogens is 1. The average molecular weight is 210 g/mol. The maximum Gasteiger partial charge on any atom is 0.292 e. The summed E-state index contributed by atoms with van der Waals surface area (Å²) in [5, 5.41) is 18.8. The lowest BCUT2D eigenvalue weighted by Gasteiger charge is -2.07. The Balaban J connectivity index is 1.67. The summed E-state index contributed by atoms with van der Waals surface area (Å²) in [7, 11) is 0. The number of hydrogen-bond acceptors (Lipinski definition) is 5. The number of carbonyl (C=O) groups excluding carboxylic acids is 1. The highest BCUT2D eigenvalue weighted by Gasteiger charge is 2.15. The predicted molar refractivity (Wildman–Crippen MR) is 52.1 cm³/mol. The Morgan fingerprint density at radius 3 is 3.20 bits per heavy atom. The molecule has 1 aromatic rings. The van der Waals surface area contributed by atoms with Crippen LogP contribution >= 0.6 is 0 Å². The fourth-order valence-corrected chi connectivity index (χ4v) is 1.69. The van der Waals surface area contributed by atoms with Crippen molar-refractivity contribution in [2.45, 2.75) is 12.8 Å². The minimum absolute atomic E-state index is 0.0968. The van der Waals surface area contributed by atoms with Crippen LogP contribution in [0, 0.1) is 5.92 Å². The molecule has 2 rings (SSSR count). The normalized spacial score (nSPS) is 20.4. The second-order valence-corrected chi connectivity index (χ2v) is 3.64. The SMILES string of the molecule is O=C(NCCC1CCNC1)c1nn[nH]n1. The lowest BCUT2D eigenvalue weighted by atomic mass is 10.1. The molecule has 1 aromatic heterocycles. The Bertz CT molecular complexity index is 305. The summed E-state index contributed by atoms with van der Waals surface area (Å²) in [5.41, 5.74) is 0. The van der Waals surface area contributed by atoms with Gasteiger partial charge in [0.1, 0.15) is 0 Å². The van der Waals surface area contributed by atoms with Gasteiger partial charge in [0, 0.05) is 6.54 Å². The molecular weight excluding hydrogens is 196 g/mol. The van der Waals surface area contributed by atoms with Gasteiger partial charge < -0.3 is 10.6 Å². The Kier molecular flexibility index (Phi) is 3.23. The molecule has 7 heteroatoms. The van der Waals surface area contributed by atoms with Crippen molar-refractivity contribution in [1.82, 2.24) is 31.3 Å². The van der Waals surface area contributed by atoms with Crippen molar-refractivity contribution in [2.75, 3.05) is 19.6 Å².